The Labute approximate surface area is 497 Å². The first kappa shape index (κ1) is 64.1. The van der Waals surface area contributed by atoms with Gasteiger partial charge in [-0.3, -0.25) is 19.3 Å². The Morgan fingerprint density at radius 1 is 0.769 bits per heavy atom. The highest BCUT2D eigenvalue weighted by molar-refractivity contribution is 14.1. The minimum absolute atomic E-state index is 0.0284. The normalized spacial score (nSPS) is 34.5. The van der Waals surface area contributed by atoms with Crippen molar-refractivity contribution in [2.24, 2.45) is 63.9 Å². The molecule has 6 N–H and O–H groups in total. The number of halogens is 2. The molecule has 16 atom stereocenters. The number of nitrogens with two attached hydrogens (primary N) is 1. The summed E-state index contributed by atoms with van der Waals surface area (Å²) in [5, 5.41) is 39.0. The number of esters is 1. The quantitative estimate of drug-likeness (QED) is 0.0726. The molecule has 0 unspecified atom stereocenters. The maximum atomic E-state index is 14.1. The monoisotopic (exact) mass is 1340 g/mol. The first-order valence-corrected chi connectivity index (χ1v) is 36.9. The third-order valence-electron chi connectivity index (χ3n) is 21.4. The van der Waals surface area contributed by atoms with E-state index in [4.69, 9.17) is 29.0 Å². The van der Waals surface area contributed by atoms with E-state index in [1.807, 2.05) is 43.3 Å². The van der Waals surface area contributed by atoms with Crippen LogP contribution in [0.1, 0.15) is 134 Å². The minimum atomic E-state index is -2.08. The summed E-state index contributed by atoms with van der Waals surface area (Å²) < 4.78 is 19.9. The van der Waals surface area contributed by atoms with Crippen LogP contribution in [0.25, 0.3) is 0 Å². The lowest BCUT2D eigenvalue weighted by atomic mass is 9.45. The number of cyclic esters (lactones) is 1. The molecule has 3 aliphatic heterocycles. The van der Waals surface area contributed by atoms with Gasteiger partial charge in [0.1, 0.15) is 41.9 Å². The molecule has 2 aromatic carbocycles. The number of para-hydroxylation sites is 2. The standard InChI is InChI=1S/C30H49IN2O5Si.C20H30INO5Si.C10H19N/c1-17-21-13-20(30(21,6)7)14-23(17)32-28(36)26-25(18(2)34)24(16-37-39(8,9)29(3,4)5)38-33(26)15-19-11-10-12-22(31)27(19)35;1-12-16-15(11-25-28(5,6)20(2,3)4)27-22(17(16)19(24)26-12)10-13-8-7-9-14(21)18(13)23;1-6-8-4-7(5-9(6)11)10(8,2)3/h10-12,17-18,20-21,23-26,34-35H,13-16H2,1-9H3,(H,32,36);7-9,12,15-17,23H,10-11H2,1-6H3;6-9H,4-5,11H2,1-3H3/t17-,18-,20+,21-,23-,24-,25+,26-;12-,15-,16+,17-;6-,7+,8-,9-/m000/s1. The van der Waals surface area contributed by atoms with Crippen LogP contribution in [0, 0.1) is 65.3 Å². The van der Waals surface area contributed by atoms with Crippen LogP contribution in [0.15, 0.2) is 36.4 Å². The zero-order chi connectivity index (χ0) is 58.2. The number of fused-ring (bicyclic) bond motifs is 5. The molecule has 3 saturated heterocycles. The van der Waals surface area contributed by atoms with Gasteiger partial charge in [0.25, 0.3) is 0 Å². The molecule has 9 aliphatic rings. The number of hydrogen-bond donors (Lipinski definition) is 5. The van der Waals surface area contributed by atoms with Crippen molar-refractivity contribution in [3.63, 3.8) is 0 Å². The van der Waals surface area contributed by atoms with E-state index in [2.05, 4.69) is 160 Å². The van der Waals surface area contributed by atoms with Gasteiger partial charge in [0.2, 0.25) is 5.91 Å². The molecule has 3 heterocycles. The van der Waals surface area contributed by atoms with Gasteiger partial charge in [-0.1, -0.05) is 107 Å². The summed E-state index contributed by atoms with van der Waals surface area (Å²) >= 11 is 4.20. The number of rotatable bonds is 13. The maximum Gasteiger partial charge on any atom is 0.326 e. The number of phenolic OH excluding ortho intramolecular Hbond substituents is 2. The number of hydroxylamine groups is 4. The molecule has 14 nitrogen and oxygen atoms in total. The van der Waals surface area contributed by atoms with E-state index < -0.39 is 46.8 Å². The second-order valence-electron chi connectivity index (χ2n) is 28.7. The van der Waals surface area contributed by atoms with Crippen LogP contribution in [-0.4, -0.2) is 116 Å². The number of phenols is 2. The molecule has 6 aliphatic carbocycles. The average Bonchev–Trinajstić information content (AvgIpc) is 4.06. The summed E-state index contributed by atoms with van der Waals surface area (Å²) in [4.78, 5) is 39.2. The van der Waals surface area contributed by atoms with Crippen molar-refractivity contribution in [2.75, 3.05) is 13.2 Å². The summed E-state index contributed by atoms with van der Waals surface area (Å²) in [5.74, 6) is 3.72. The number of aromatic hydroxyl groups is 2. The summed E-state index contributed by atoms with van der Waals surface area (Å²) in [6.45, 7) is 41.1. The van der Waals surface area contributed by atoms with Crippen molar-refractivity contribution in [3.8, 4) is 11.5 Å². The Hall–Kier alpha value is -1.45. The minimum Gasteiger partial charge on any atom is -0.507 e. The van der Waals surface area contributed by atoms with E-state index in [-0.39, 0.29) is 64.2 Å². The molecule has 440 valence electrons. The van der Waals surface area contributed by atoms with Crippen molar-refractivity contribution in [3.05, 3.63) is 54.7 Å². The fourth-order valence-corrected chi connectivity index (χ4v) is 16.7. The molecule has 9 fully saturated rings. The Kier molecular flexibility index (Phi) is 19.6. The van der Waals surface area contributed by atoms with Gasteiger partial charge in [0.05, 0.1) is 45.5 Å². The van der Waals surface area contributed by atoms with Crippen molar-refractivity contribution >= 4 is 73.7 Å². The molecular formula is C60H98I2N4O10Si2. The lowest BCUT2D eigenvalue weighted by Gasteiger charge is -2.62. The number of amides is 1. The van der Waals surface area contributed by atoms with Gasteiger partial charge in [0.15, 0.2) is 16.6 Å². The van der Waals surface area contributed by atoms with Gasteiger partial charge in [0, 0.05) is 29.1 Å². The van der Waals surface area contributed by atoms with Crippen LogP contribution in [-0.2, 0) is 45.9 Å². The molecule has 11 rings (SSSR count). The second-order valence-corrected chi connectivity index (χ2v) is 40.6. The maximum absolute atomic E-state index is 14.1. The van der Waals surface area contributed by atoms with E-state index in [1.165, 1.54) is 19.3 Å². The van der Waals surface area contributed by atoms with Crippen molar-refractivity contribution < 1.29 is 48.2 Å². The van der Waals surface area contributed by atoms with Crippen LogP contribution < -0.4 is 11.1 Å². The molecule has 2 aromatic rings. The Balaban J connectivity index is 0.000000195. The Morgan fingerprint density at radius 3 is 1.68 bits per heavy atom. The van der Waals surface area contributed by atoms with Crippen LogP contribution in [0.5, 0.6) is 11.5 Å². The first-order valence-electron chi connectivity index (χ1n) is 28.9. The highest BCUT2D eigenvalue weighted by Crippen LogP contribution is 2.62. The highest BCUT2D eigenvalue weighted by Gasteiger charge is 2.60. The highest BCUT2D eigenvalue weighted by atomic mass is 127. The molecule has 0 spiro atoms. The van der Waals surface area contributed by atoms with Crippen LogP contribution in [0.3, 0.4) is 0 Å². The predicted octanol–water partition coefficient (Wildman–Crippen LogP) is 11.8. The Morgan fingerprint density at radius 2 is 1.23 bits per heavy atom. The lowest BCUT2D eigenvalue weighted by Crippen LogP contribution is -2.62. The van der Waals surface area contributed by atoms with E-state index in [0.29, 0.717) is 59.9 Å². The van der Waals surface area contributed by atoms with Crippen molar-refractivity contribution in [1.82, 2.24) is 15.4 Å². The molecule has 0 radical (unpaired) electrons. The third-order valence-corrected chi connectivity index (χ3v) is 32.1. The van der Waals surface area contributed by atoms with E-state index >= 15 is 0 Å². The number of carbonyl (C=O) groups excluding carboxylic acids is 2. The van der Waals surface area contributed by atoms with Gasteiger partial charge in [-0.05, 0) is 179 Å². The van der Waals surface area contributed by atoms with E-state index in [1.54, 1.807) is 17.1 Å². The molecule has 78 heavy (non-hydrogen) atoms. The fourth-order valence-electron chi connectivity index (χ4n) is 13.5. The number of nitrogens with one attached hydrogen (secondary N) is 1. The number of nitrogens with zero attached hydrogens (tertiary/aromatic N) is 2. The van der Waals surface area contributed by atoms with E-state index in [0.717, 1.165) is 36.9 Å². The molecule has 18 heteroatoms. The molecule has 6 saturated carbocycles. The summed E-state index contributed by atoms with van der Waals surface area (Å²) in [6.07, 6.45) is 3.22. The fraction of sp³-hybridized carbons (Fsp3) is 0.767. The number of aliphatic hydroxyl groups is 1. The second kappa shape index (κ2) is 23.9. The molecule has 4 bridgehead atoms. The summed E-state index contributed by atoms with van der Waals surface area (Å²) in [6, 6.07) is 10.6. The molecular weight excluding hydrogens is 1250 g/mol. The zero-order valence-electron chi connectivity index (χ0n) is 50.3. The number of carbonyl (C=O) groups is 2. The van der Waals surface area contributed by atoms with Gasteiger partial charge >= 0.3 is 5.97 Å². The largest absolute Gasteiger partial charge is 0.507 e. The molecule has 1 amide bonds. The van der Waals surface area contributed by atoms with Crippen molar-refractivity contribution in [2.45, 2.75) is 221 Å². The van der Waals surface area contributed by atoms with Gasteiger partial charge < -0.3 is 40.0 Å². The first-order chi connectivity index (χ1) is 35.9. The topological polar surface area (TPSA) is 186 Å². The molecule has 0 aromatic heterocycles. The Bertz CT molecular complexity index is 2450. The lowest BCUT2D eigenvalue weighted by molar-refractivity contribution is -0.195. The van der Waals surface area contributed by atoms with Crippen LogP contribution in [0.4, 0.5) is 0 Å². The third kappa shape index (κ3) is 12.9. The van der Waals surface area contributed by atoms with Crippen molar-refractivity contribution in [1.29, 1.82) is 0 Å². The smallest absolute Gasteiger partial charge is 0.326 e. The summed E-state index contributed by atoms with van der Waals surface area (Å²) in [5.41, 5.74) is 8.37. The van der Waals surface area contributed by atoms with Crippen LogP contribution >= 0.6 is 45.2 Å². The van der Waals surface area contributed by atoms with Gasteiger partial charge in [-0.15, -0.1) is 0 Å². The van der Waals surface area contributed by atoms with Gasteiger partial charge in [-0.25, -0.2) is 0 Å². The predicted molar refractivity (Wildman–Crippen MR) is 329 cm³/mol. The SMILES string of the molecule is C[C@@H]1OC(=O)[C@@H]2[C@H]1[C@H](CO[Si](C)(C)C(C)(C)C)ON2Cc1cccc(I)c1O.C[C@@H]1[C@@H](N)C[C@H]2C[C@@H]1C2(C)C.C[C@@H]1[C@@H](NC(=O)[C@@H]2[C@H]([C@H](C)O)[C@H](CO[Si](C)(C)C(C)(C)C)ON2Cc2cccc(I)c2O)C[C@H]2C[C@@H]1C2(C)C. The van der Waals surface area contributed by atoms with Crippen LogP contribution in [0.2, 0.25) is 36.3 Å². The number of aliphatic hydroxyl groups excluding tert-OH is 1. The van der Waals surface area contributed by atoms with E-state index in [9.17, 15) is 24.9 Å². The number of benzene rings is 2. The average molecular weight is 1350 g/mol. The van der Waals surface area contributed by atoms with Gasteiger partial charge in [-0.2, -0.15) is 10.1 Å². The summed E-state index contributed by atoms with van der Waals surface area (Å²) in [7, 11) is -4.01. The number of hydrogen-bond acceptors (Lipinski definition) is 13. The zero-order valence-corrected chi connectivity index (χ0v) is 56.6. The number of ether oxygens (including phenoxy) is 1.